The minimum atomic E-state index is -0.389. The molecule has 3 rings (SSSR count). The molecular weight excluding hydrogens is 368 g/mol. The Hall–Kier alpha value is -3.26. The number of hydrogen-bond acceptors (Lipinski definition) is 7. The first-order chi connectivity index (χ1) is 14.1. The third-order valence-electron chi connectivity index (χ3n) is 4.56. The van der Waals surface area contributed by atoms with Gasteiger partial charge in [0.1, 0.15) is 17.8 Å². The lowest BCUT2D eigenvalue weighted by atomic mass is 10.1. The third-order valence-corrected chi connectivity index (χ3v) is 4.56. The van der Waals surface area contributed by atoms with E-state index in [1.807, 2.05) is 6.92 Å². The predicted molar refractivity (Wildman–Crippen MR) is 116 cm³/mol. The molecule has 0 saturated carbocycles. The van der Waals surface area contributed by atoms with E-state index in [4.69, 9.17) is 0 Å². The summed E-state index contributed by atoms with van der Waals surface area (Å²) >= 11 is 0. The summed E-state index contributed by atoms with van der Waals surface area (Å²) in [5.74, 6) is 0.579. The molecule has 0 aliphatic carbocycles. The Morgan fingerprint density at radius 3 is 2.38 bits per heavy atom. The minimum absolute atomic E-state index is 0.0149. The van der Waals surface area contributed by atoms with E-state index in [1.54, 1.807) is 6.07 Å². The molecule has 0 bridgehead atoms. The third kappa shape index (κ3) is 5.17. The van der Waals surface area contributed by atoms with Crippen LogP contribution in [-0.2, 0) is 13.1 Å². The lowest BCUT2D eigenvalue weighted by Crippen LogP contribution is -2.13. The van der Waals surface area contributed by atoms with Gasteiger partial charge >= 0.3 is 0 Å². The lowest BCUT2D eigenvalue weighted by Gasteiger charge is -2.11. The number of nitrogens with one attached hydrogen (secondary N) is 3. The minimum Gasteiger partial charge on any atom is -0.380 e. The Kier molecular flexibility index (Phi) is 6.91. The maximum atomic E-state index is 11.5. The summed E-state index contributed by atoms with van der Waals surface area (Å²) in [6.07, 6.45) is 2.58. The van der Waals surface area contributed by atoms with Gasteiger partial charge in [0.2, 0.25) is 0 Å². The van der Waals surface area contributed by atoms with Gasteiger partial charge in [-0.1, -0.05) is 31.2 Å². The lowest BCUT2D eigenvalue weighted by molar-refractivity contribution is -0.383. The van der Waals surface area contributed by atoms with Crippen LogP contribution in [0.3, 0.4) is 0 Å². The summed E-state index contributed by atoms with van der Waals surface area (Å²) in [6, 6.07) is 11.6. The quantitative estimate of drug-likeness (QED) is 0.270. The fraction of sp³-hybridized carbons (Fsp3) is 0.333. The fourth-order valence-corrected chi connectivity index (χ4v) is 3.09. The number of nitro groups is 1. The van der Waals surface area contributed by atoms with Crippen LogP contribution in [0.5, 0.6) is 0 Å². The summed E-state index contributed by atoms with van der Waals surface area (Å²) in [7, 11) is 0. The zero-order valence-electron chi connectivity index (χ0n) is 16.7. The van der Waals surface area contributed by atoms with E-state index in [0.717, 1.165) is 25.1 Å². The van der Waals surface area contributed by atoms with Crippen LogP contribution in [0.1, 0.15) is 31.4 Å². The van der Waals surface area contributed by atoms with Crippen LogP contribution in [0.25, 0.3) is 10.9 Å². The van der Waals surface area contributed by atoms with Gasteiger partial charge in [0.05, 0.1) is 10.4 Å². The van der Waals surface area contributed by atoms with E-state index < -0.39 is 0 Å². The van der Waals surface area contributed by atoms with Crippen molar-refractivity contribution in [2.45, 2.75) is 33.4 Å². The SMILES string of the molecule is CCCNCc1ccc(CNc2ncnc3cc(NCC)c([N+](=O)[O-])cc23)cc1. The molecule has 152 valence electrons. The number of hydrogen-bond donors (Lipinski definition) is 3. The smallest absolute Gasteiger partial charge is 0.293 e. The highest BCUT2D eigenvalue weighted by Gasteiger charge is 2.17. The molecule has 1 aromatic heterocycles. The van der Waals surface area contributed by atoms with Crippen molar-refractivity contribution in [2.75, 3.05) is 23.7 Å². The van der Waals surface area contributed by atoms with Crippen LogP contribution in [0.4, 0.5) is 17.2 Å². The van der Waals surface area contributed by atoms with Crippen molar-refractivity contribution in [2.24, 2.45) is 0 Å². The maximum Gasteiger partial charge on any atom is 0.293 e. The molecule has 8 heteroatoms. The van der Waals surface area contributed by atoms with Gasteiger partial charge in [0, 0.05) is 31.1 Å². The van der Waals surface area contributed by atoms with E-state index >= 15 is 0 Å². The van der Waals surface area contributed by atoms with Crippen molar-refractivity contribution in [1.29, 1.82) is 0 Å². The zero-order chi connectivity index (χ0) is 20.6. The van der Waals surface area contributed by atoms with Crippen LogP contribution in [0.2, 0.25) is 0 Å². The van der Waals surface area contributed by atoms with Gasteiger partial charge in [-0.25, -0.2) is 9.97 Å². The van der Waals surface area contributed by atoms with Crippen LogP contribution < -0.4 is 16.0 Å². The molecule has 0 fully saturated rings. The van der Waals surface area contributed by atoms with Crippen molar-refractivity contribution in [1.82, 2.24) is 15.3 Å². The van der Waals surface area contributed by atoms with Gasteiger partial charge in [0.25, 0.3) is 5.69 Å². The summed E-state index contributed by atoms with van der Waals surface area (Å²) in [6.45, 7) is 7.06. The molecule has 8 nitrogen and oxygen atoms in total. The molecule has 0 amide bonds. The molecule has 1 heterocycles. The molecule has 2 aromatic carbocycles. The van der Waals surface area contributed by atoms with Crippen molar-refractivity contribution in [3.8, 4) is 0 Å². The summed E-state index contributed by atoms with van der Waals surface area (Å²) in [5.41, 5.74) is 3.47. The van der Waals surface area contributed by atoms with Crippen LogP contribution in [-0.4, -0.2) is 28.0 Å². The van der Waals surface area contributed by atoms with Crippen LogP contribution in [0.15, 0.2) is 42.7 Å². The molecule has 3 N–H and O–H groups in total. The zero-order valence-corrected chi connectivity index (χ0v) is 16.7. The average Bonchev–Trinajstić information content (AvgIpc) is 2.73. The number of anilines is 2. The van der Waals surface area contributed by atoms with Gasteiger partial charge in [-0.3, -0.25) is 10.1 Å². The van der Waals surface area contributed by atoms with Gasteiger partial charge in [-0.2, -0.15) is 0 Å². The maximum absolute atomic E-state index is 11.5. The molecule has 0 saturated heterocycles. The molecular formula is C21H26N6O2. The van der Waals surface area contributed by atoms with E-state index in [2.05, 4.69) is 57.1 Å². The first-order valence-corrected chi connectivity index (χ1v) is 9.81. The van der Waals surface area contributed by atoms with Crippen molar-refractivity contribution >= 4 is 28.1 Å². The molecule has 0 aliphatic heterocycles. The van der Waals surface area contributed by atoms with Crippen molar-refractivity contribution in [3.63, 3.8) is 0 Å². The Morgan fingerprint density at radius 1 is 1.00 bits per heavy atom. The molecule has 0 spiro atoms. The molecule has 0 unspecified atom stereocenters. The Labute approximate surface area is 169 Å². The number of fused-ring (bicyclic) bond motifs is 1. The molecule has 0 atom stereocenters. The van der Waals surface area contributed by atoms with Crippen molar-refractivity contribution < 1.29 is 4.92 Å². The highest BCUT2D eigenvalue weighted by molar-refractivity contribution is 5.94. The first-order valence-electron chi connectivity index (χ1n) is 9.81. The fourth-order valence-electron chi connectivity index (χ4n) is 3.09. The Bertz CT molecular complexity index is 975. The van der Waals surface area contributed by atoms with Gasteiger partial charge in [-0.05, 0) is 37.1 Å². The van der Waals surface area contributed by atoms with Crippen LogP contribution in [0, 0.1) is 10.1 Å². The number of nitro benzene ring substituents is 1. The average molecular weight is 394 g/mol. The second-order valence-corrected chi connectivity index (χ2v) is 6.74. The number of benzene rings is 2. The van der Waals surface area contributed by atoms with Gasteiger partial charge < -0.3 is 16.0 Å². The van der Waals surface area contributed by atoms with E-state index in [9.17, 15) is 10.1 Å². The summed E-state index contributed by atoms with van der Waals surface area (Å²) < 4.78 is 0. The second-order valence-electron chi connectivity index (χ2n) is 6.74. The summed E-state index contributed by atoms with van der Waals surface area (Å²) in [4.78, 5) is 19.6. The Balaban J connectivity index is 1.77. The molecule has 3 aromatic rings. The van der Waals surface area contributed by atoms with Gasteiger partial charge in [-0.15, -0.1) is 0 Å². The van der Waals surface area contributed by atoms with E-state index in [0.29, 0.717) is 35.5 Å². The normalized spacial score (nSPS) is 10.8. The summed E-state index contributed by atoms with van der Waals surface area (Å²) in [5, 5.41) is 21.8. The number of aromatic nitrogens is 2. The highest BCUT2D eigenvalue weighted by Crippen LogP contribution is 2.32. The number of nitrogens with zero attached hydrogens (tertiary/aromatic N) is 3. The predicted octanol–water partition coefficient (Wildman–Crippen LogP) is 4.08. The number of rotatable bonds is 10. The monoisotopic (exact) mass is 394 g/mol. The largest absolute Gasteiger partial charge is 0.380 e. The van der Waals surface area contributed by atoms with Gasteiger partial charge in [0.15, 0.2) is 0 Å². The first kappa shape index (κ1) is 20.5. The standard InChI is InChI=1S/C21H26N6O2/c1-3-9-22-12-15-5-7-16(8-6-15)13-24-21-17-10-20(27(28)29)19(23-4-2)11-18(17)25-14-26-21/h5-8,10-11,14,22-23H,3-4,9,12-13H2,1-2H3,(H,24,25,26). The van der Waals surface area contributed by atoms with E-state index in [1.165, 1.54) is 18.0 Å². The Morgan fingerprint density at radius 2 is 1.72 bits per heavy atom. The molecule has 0 aliphatic rings. The second kappa shape index (κ2) is 9.79. The van der Waals surface area contributed by atoms with E-state index in [-0.39, 0.29) is 10.6 Å². The molecule has 0 radical (unpaired) electrons. The van der Waals surface area contributed by atoms with Crippen LogP contribution >= 0.6 is 0 Å². The molecule has 29 heavy (non-hydrogen) atoms. The highest BCUT2D eigenvalue weighted by atomic mass is 16.6. The topological polar surface area (TPSA) is 105 Å². The van der Waals surface area contributed by atoms with Crippen molar-refractivity contribution in [3.05, 3.63) is 64.0 Å².